The van der Waals surface area contributed by atoms with Crippen molar-refractivity contribution in [2.24, 2.45) is 10.9 Å². The van der Waals surface area contributed by atoms with Crippen LogP contribution >= 0.6 is 0 Å². The van der Waals surface area contributed by atoms with E-state index in [0.717, 1.165) is 48.2 Å². The first-order valence-electron chi connectivity index (χ1n) is 10.2. The van der Waals surface area contributed by atoms with E-state index in [1.54, 1.807) is 0 Å². The van der Waals surface area contributed by atoms with E-state index >= 15 is 0 Å². The van der Waals surface area contributed by atoms with Crippen molar-refractivity contribution in [2.75, 3.05) is 18.7 Å². The Labute approximate surface area is 161 Å². The number of hydrogen-bond acceptors (Lipinski definition) is 6. The molecule has 2 aromatic rings. The number of benzene rings is 1. The maximum atomic E-state index is 4.69. The van der Waals surface area contributed by atoms with Crippen molar-refractivity contribution in [3.8, 4) is 0 Å². The minimum Gasteiger partial charge on any atom is -0.343 e. The highest BCUT2D eigenvalue weighted by Crippen LogP contribution is 2.28. The molecule has 0 radical (unpaired) electrons. The molecule has 6 nitrogen and oxygen atoms in total. The lowest BCUT2D eigenvalue weighted by Crippen LogP contribution is -2.52. The largest absolute Gasteiger partial charge is 0.343 e. The molecular weight excluding hydrogens is 336 g/mol. The van der Waals surface area contributed by atoms with Gasteiger partial charge in [-0.3, -0.25) is 10.2 Å². The molecule has 0 spiro atoms. The summed E-state index contributed by atoms with van der Waals surface area (Å²) in [6, 6.07) is 7.05. The Morgan fingerprint density at radius 1 is 1.22 bits per heavy atom. The second-order valence-electron chi connectivity index (χ2n) is 7.86. The molecule has 1 fully saturated rings. The number of nitrogens with zero attached hydrogens (tertiary/aromatic N) is 4. The molecule has 1 aromatic carbocycles. The molecular formula is C21H30N6. The Hall–Kier alpha value is -2.21. The fourth-order valence-corrected chi connectivity index (χ4v) is 4.30. The summed E-state index contributed by atoms with van der Waals surface area (Å²) in [6.07, 6.45) is 6.34. The van der Waals surface area contributed by atoms with Gasteiger partial charge < -0.3 is 5.32 Å². The summed E-state index contributed by atoms with van der Waals surface area (Å²) in [7, 11) is 0. The van der Waals surface area contributed by atoms with Crippen LogP contribution in [0.2, 0.25) is 0 Å². The van der Waals surface area contributed by atoms with Crippen LogP contribution in [0, 0.1) is 12.8 Å². The molecule has 0 bridgehead atoms. The molecule has 4 rings (SSSR count). The van der Waals surface area contributed by atoms with E-state index in [2.05, 4.69) is 57.5 Å². The lowest BCUT2D eigenvalue weighted by Gasteiger charge is -2.39. The minimum absolute atomic E-state index is 0.606. The van der Waals surface area contributed by atoms with E-state index in [4.69, 9.17) is 4.99 Å². The topological polar surface area (TPSA) is 65.4 Å². The van der Waals surface area contributed by atoms with Gasteiger partial charge in [-0.25, -0.2) is 15.0 Å². The van der Waals surface area contributed by atoms with Crippen LogP contribution in [0.15, 0.2) is 23.2 Å². The molecule has 2 aliphatic rings. The zero-order valence-electron chi connectivity index (χ0n) is 16.6. The van der Waals surface area contributed by atoms with Gasteiger partial charge in [-0.15, -0.1) is 0 Å². The van der Waals surface area contributed by atoms with Gasteiger partial charge in [0.1, 0.15) is 0 Å². The highest BCUT2D eigenvalue weighted by atomic mass is 15.4. The Morgan fingerprint density at radius 2 is 2.07 bits per heavy atom. The lowest BCUT2D eigenvalue weighted by atomic mass is 9.85. The molecule has 144 valence electrons. The van der Waals surface area contributed by atoms with Gasteiger partial charge in [0.2, 0.25) is 11.9 Å². The van der Waals surface area contributed by atoms with E-state index < -0.39 is 0 Å². The molecule has 1 aliphatic carbocycles. The van der Waals surface area contributed by atoms with E-state index in [1.807, 2.05) is 6.92 Å². The first kappa shape index (κ1) is 18.2. The van der Waals surface area contributed by atoms with Crippen LogP contribution in [0.25, 0.3) is 10.9 Å². The molecule has 27 heavy (non-hydrogen) atoms. The molecule has 1 aromatic heterocycles. The number of rotatable bonds is 3. The molecule has 6 heteroatoms. The van der Waals surface area contributed by atoms with Crippen molar-refractivity contribution in [3.63, 3.8) is 0 Å². The van der Waals surface area contributed by atoms with Crippen molar-refractivity contribution < 1.29 is 0 Å². The summed E-state index contributed by atoms with van der Waals surface area (Å²) in [5.74, 6) is 2.12. The zero-order chi connectivity index (χ0) is 18.8. The van der Waals surface area contributed by atoms with Crippen LogP contribution < -0.4 is 10.6 Å². The number of aromatic nitrogens is 2. The normalized spacial score (nSPS) is 23.7. The van der Waals surface area contributed by atoms with E-state index in [0.29, 0.717) is 12.0 Å². The highest BCUT2D eigenvalue weighted by Gasteiger charge is 2.28. The molecule has 0 amide bonds. The predicted octanol–water partition coefficient (Wildman–Crippen LogP) is 3.67. The second-order valence-corrected chi connectivity index (χ2v) is 7.86. The van der Waals surface area contributed by atoms with E-state index in [9.17, 15) is 0 Å². The van der Waals surface area contributed by atoms with E-state index in [1.165, 1.54) is 31.2 Å². The van der Waals surface area contributed by atoms with Crippen LogP contribution in [0.5, 0.6) is 0 Å². The average molecular weight is 367 g/mol. The van der Waals surface area contributed by atoms with E-state index in [-0.39, 0.29) is 0 Å². The van der Waals surface area contributed by atoms with Gasteiger partial charge in [0.05, 0.1) is 24.5 Å². The molecule has 1 aliphatic heterocycles. The number of anilines is 1. The van der Waals surface area contributed by atoms with Gasteiger partial charge in [-0.1, -0.05) is 32.8 Å². The van der Waals surface area contributed by atoms with Crippen molar-refractivity contribution >= 4 is 22.8 Å². The second kappa shape index (κ2) is 7.80. The summed E-state index contributed by atoms with van der Waals surface area (Å²) < 4.78 is 0. The number of hydrogen-bond donors (Lipinski definition) is 2. The third-order valence-corrected chi connectivity index (χ3v) is 5.98. The standard InChI is InChI=1S/C21H30N6/c1-4-16-9-10-18-17(11-16)15(3)24-21(25-18)26-20-22-12-27(13-23-20)19-8-6-5-7-14(19)2/h9-11,14,19H,4-8,12-13H2,1-3H3,(H2,22,23,24,25,26)/t14-,19-/m0/s1. The van der Waals surface area contributed by atoms with Crippen molar-refractivity contribution in [1.82, 2.24) is 20.2 Å². The van der Waals surface area contributed by atoms with Crippen molar-refractivity contribution in [2.45, 2.75) is 58.9 Å². The summed E-state index contributed by atoms with van der Waals surface area (Å²) in [6.45, 7) is 8.13. The van der Waals surface area contributed by atoms with Gasteiger partial charge in [0.15, 0.2) is 0 Å². The molecule has 2 atom stereocenters. The molecule has 2 heterocycles. The summed E-state index contributed by atoms with van der Waals surface area (Å²) >= 11 is 0. The third kappa shape index (κ3) is 3.90. The number of guanidine groups is 1. The number of aliphatic imine (C=N–C) groups is 1. The van der Waals surface area contributed by atoms with Crippen LogP contribution in [-0.4, -0.2) is 40.2 Å². The molecule has 0 unspecified atom stereocenters. The van der Waals surface area contributed by atoms with Crippen LogP contribution in [0.1, 0.15) is 50.8 Å². The first-order valence-corrected chi connectivity index (χ1v) is 10.2. The molecule has 1 saturated carbocycles. The monoisotopic (exact) mass is 366 g/mol. The maximum absolute atomic E-state index is 4.69. The van der Waals surface area contributed by atoms with Gasteiger partial charge >= 0.3 is 0 Å². The molecule has 2 N–H and O–H groups in total. The SMILES string of the molecule is CCc1ccc2nc(NC3=NCN([C@H]4CCCC[C@@H]4C)CN3)nc(C)c2c1. The number of fused-ring (bicyclic) bond motifs is 1. The summed E-state index contributed by atoms with van der Waals surface area (Å²) in [5, 5.41) is 7.79. The number of aryl methyl sites for hydroxylation is 2. The Bertz CT molecular complexity index is 846. The van der Waals surface area contributed by atoms with Gasteiger partial charge in [-0.05, 0) is 49.8 Å². The highest BCUT2D eigenvalue weighted by molar-refractivity contribution is 5.93. The smallest absolute Gasteiger partial charge is 0.230 e. The Balaban J connectivity index is 1.46. The molecule has 0 saturated heterocycles. The third-order valence-electron chi connectivity index (χ3n) is 5.98. The van der Waals surface area contributed by atoms with Gasteiger partial charge in [-0.2, -0.15) is 0 Å². The maximum Gasteiger partial charge on any atom is 0.230 e. The van der Waals surface area contributed by atoms with Crippen LogP contribution in [-0.2, 0) is 6.42 Å². The van der Waals surface area contributed by atoms with Gasteiger partial charge in [0.25, 0.3) is 0 Å². The van der Waals surface area contributed by atoms with Crippen molar-refractivity contribution in [3.05, 3.63) is 29.5 Å². The minimum atomic E-state index is 0.606. The summed E-state index contributed by atoms with van der Waals surface area (Å²) in [5.41, 5.74) is 3.27. The zero-order valence-corrected chi connectivity index (χ0v) is 16.6. The average Bonchev–Trinajstić information content (AvgIpc) is 2.69. The van der Waals surface area contributed by atoms with Crippen molar-refractivity contribution in [1.29, 1.82) is 0 Å². The Morgan fingerprint density at radius 3 is 2.81 bits per heavy atom. The predicted molar refractivity (Wildman–Crippen MR) is 111 cm³/mol. The number of nitrogens with one attached hydrogen (secondary N) is 2. The van der Waals surface area contributed by atoms with Crippen LogP contribution in [0.4, 0.5) is 5.95 Å². The van der Waals surface area contributed by atoms with Crippen LogP contribution in [0.3, 0.4) is 0 Å². The Kier molecular flexibility index (Phi) is 5.25. The summed E-state index contributed by atoms with van der Waals surface area (Å²) in [4.78, 5) is 16.5. The first-order chi connectivity index (χ1) is 13.1. The lowest BCUT2D eigenvalue weighted by molar-refractivity contribution is 0.107. The quantitative estimate of drug-likeness (QED) is 0.868. The fraction of sp³-hybridized carbons (Fsp3) is 0.571. The van der Waals surface area contributed by atoms with Gasteiger partial charge in [0, 0.05) is 11.4 Å². The fourth-order valence-electron chi connectivity index (χ4n) is 4.30.